The zero-order valence-corrected chi connectivity index (χ0v) is 17.4. The van der Waals surface area contributed by atoms with Crippen molar-refractivity contribution >= 4 is 17.7 Å². The van der Waals surface area contributed by atoms with Crippen LogP contribution in [0.5, 0.6) is 0 Å². The summed E-state index contributed by atoms with van der Waals surface area (Å²) in [5.41, 5.74) is 2.07. The van der Waals surface area contributed by atoms with E-state index in [-0.39, 0.29) is 11.7 Å². The molecule has 0 atom stereocenters. The molecule has 1 N–H and O–H groups in total. The second-order valence-electron chi connectivity index (χ2n) is 6.74. The van der Waals surface area contributed by atoms with Crippen LogP contribution in [-0.2, 0) is 17.8 Å². The Labute approximate surface area is 178 Å². The highest BCUT2D eigenvalue weighted by atomic mass is 32.2. The number of thioether (sulfide) groups is 1. The molecule has 0 aliphatic heterocycles. The molecule has 3 aromatic heterocycles. The largest absolute Gasteiger partial charge is 0.469 e. The maximum atomic E-state index is 12.3. The summed E-state index contributed by atoms with van der Waals surface area (Å²) in [6.07, 6.45) is 4.06. The van der Waals surface area contributed by atoms with Crippen molar-refractivity contribution in [3.63, 3.8) is 0 Å². The first-order chi connectivity index (χ1) is 14.7. The predicted octanol–water partition coefficient (Wildman–Crippen LogP) is 3.94. The van der Waals surface area contributed by atoms with E-state index in [2.05, 4.69) is 27.6 Å². The van der Waals surface area contributed by atoms with E-state index in [9.17, 15) is 4.79 Å². The molecule has 154 valence electrons. The Hall–Kier alpha value is -3.26. The minimum absolute atomic E-state index is 0.0375. The molecule has 1 amide bonds. The molecule has 0 aliphatic carbocycles. The lowest BCUT2D eigenvalue weighted by Crippen LogP contribution is -2.27. The molecule has 3 heterocycles. The van der Waals surface area contributed by atoms with Gasteiger partial charge in [0.25, 0.3) is 0 Å². The molecule has 4 rings (SSSR count). The third-order valence-corrected chi connectivity index (χ3v) is 5.59. The highest BCUT2D eigenvalue weighted by Crippen LogP contribution is 2.28. The van der Waals surface area contributed by atoms with Gasteiger partial charge in [0, 0.05) is 6.54 Å². The van der Waals surface area contributed by atoms with Gasteiger partial charge in [0.05, 0.1) is 30.4 Å². The maximum Gasteiger partial charge on any atom is 0.230 e. The molecule has 0 aliphatic rings. The van der Waals surface area contributed by atoms with Gasteiger partial charge >= 0.3 is 0 Å². The maximum absolute atomic E-state index is 12.3. The second kappa shape index (κ2) is 9.49. The number of amides is 1. The van der Waals surface area contributed by atoms with E-state index < -0.39 is 0 Å². The minimum atomic E-state index is -0.0375. The first kappa shape index (κ1) is 20.0. The van der Waals surface area contributed by atoms with E-state index in [0.717, 1.165) is 23.5 Å². The molecular weight excluding hydrogens is 400 g/mol. The molecule has 0 radical (unpaired) electrons. The molecule has 0 unspecified atom stereocenters. The van der Waals surface area contributed by atoms with E-state index in [1.54, 1.807) is 12.5 Å². The van der Waals surface area contributed by atoms with Gasteiger partial charge in [-0.05, 0) is 37.1 Å². The van der Waals surface area contributed by atoms with Crippen molar-refractivity contribution < 1.29 is 13.6 Å². The topological polar surface area (TPSA) is 86.1 Å². The number of nitrogens with one attached hydrogen (secondary N) is 1. The normalized spacial score (nSPS) is 11.0. The van der Waals surface area contributed by atoms with Crippen LogP contribution in [0.3, 0.4) is 0 Å². The summed E-state index contributed by atoms with van der Waals surface area (Å²) in [7, 11) is 0. The van der Waals surface area contributed by atoms with Gasteiger partial charge in [0.15, 0.2) is 11.0 Å². The number of carbonyl (C=O) groups excluding carboxylic acids is 1. The number of nitrogens with zero attached hydrogens (tertiary/aromatic N) is 3. The number of carbonyl (C=O) groups is 1. The van der Waals surface area contributed by atoms with Crippen LogP contribution >= 0.6 is 11.8 Å². The summed E-state index contributed by atoms with van der Waals surface area (Å²) >= 11 is 1.35. The monoisotopic (exact) mass is 422 g/mol. The van der Waals surface area contributed by atoms with Gasteiger partial charge in [0.2, 0.25) is 5.91 Å². The third-order valence-electron chi connectivity index (χ3n) is 4.62. The summed E-state index contributed by atoms with van der Waals surface area (Å²) in [6, 6.07) is 15.7. The van der Waals surface area contributed by atoms with Crippen LogP contribution in [-0.4, -0.2) is 33.0 Å². The van der Waals surface area contributed by atoms with Crippen LogP contribution in [0.25, 0.3) is 11.4 Å². The number of hydrogen-bond acceptors (Lipinski definition) is 6. The smallest absolute Gasteiger partial charge is 0.230 e. The Bertz CT molecular complexity index is 1090. The lowest BCUT2D eigenvalue weighted by atomic mass is 10.1. The van der Waals surface area contributed by atoms with E-state index >= 15 is 0 Å². The van der Waals surface area contributed by atoms with Gasteiger partial charge in [-0.1, -0.05) is 42.1 Å². The van der Waals surface area contributed by atoms with Gasteiger partial charge < -0.3 is 14.2 Å². The average Bonchev–Trinajstić information content (AvgIpc) is 3.50. The van der Waals surface area contributed by atoms with Gasteiger partial charge in [-0.2, -0.15) is 0 Å². The van der Waals surface area contributed by atoms with Crippen LogP contribution < -0.4 is 5.32 Å². The lowest BCUT2D eigenvalue weighted by molar-refractivity contribution is -0.118. The summed E-state index contributed by atoms with van der Waals surface area (Å²) < 4.78 is 12.9. The van der Waals surface area contributed by atoms with Crippen LogP contribution in [0, 0.1) is 6.92 Å². The molecule has 8 heteroatoms. The Morgan fingerprint density at radius 3 is 2.67 bits per heavy atom. The van der Waals surface area contributed by atoms with Crippen LogP contribution in [0.4, 0.5) is 0 Å². The lowest BCUT2D eigenvalue weighted by Gasteiger charge is -2.09. The van der Waals surface area contributed by atoms with Gasteiger partial charge in [-0.15, -0.1) is 10.2 Å². The van der Waals surface area contributed by atoms with Crippen molar-refractivity contribution in [3.8, 4) is 11.4 Å². The van der Waals surface area contributed by atoms with Crippen LogP contribution in [0.2, 0.25) is 0 Å². The molecule has 4 aromatic rings. The fourth-order valence-electron chi connectivity index (χ4n) is 3.08. The van der Waals surface area contributed by atoms with Crippen molar-refractivity contribution in [2.24, 2.45) is 0 Å². The van der Waals surface area contributed by atoms with Crippen molar-refractivity contribution in [1.29, 1.82) is 0 Å². The minimum Gasteiger partial charge on any atom is -0.469 e. The first-order valence-corrected chi connectivity index (χ1v) is 10.6. The fraction of sp³-hybridized carbons (Fsp3) is 0.227. The van der Waals surface area contributed by atoms with Gasteiger partial charge in [0.1, 0.15) is 11.5 Å². The van der Waals surface area contributed by atoms with Crippen molar-refractivity contribution in [3.05, 3.63) is 78.1 Å². The summed E-state index contributed by atoms with van der Waals surface area (Å²) in [5, 5.41) is 12.3. The van der Waals surface area contributed by atoms with E-state index in [1.165, 1.54) is 17.3 Å². The van der Waals surface area contributed by atoms with Gasteiger partial charge in [-0.25, -0.2) is 0 Å². The molecule has 0 spiro atoms. The average molecular weight is 423 g/mol. The number of aromatic nitrogens is 3. The molecule has 0 saturated heterocycles. The van der Waals surface area contributed by atoms with Crippen LogP contribution in [0.15, 0.2) is 75.0 Å². The SMILES string of the molecule is Cc1occc1-c1nnc(SCC(=O)NCCc2ccccc2)n1Cc1ccco1. The van der Waals surface area contributed by atoms with E-state index in [1.807, 2.05) is 47.9 Å². The Kier molecular flexibility index (Phi) is 6.34. The van der Waals surface area contributed by atoms with Crippen molar-refractivity contribution in [2.75, 3.05) is 12.3 Å². The highest BCUT2D eigenvalue weighted by molar-refractivity contribution is 7.99. The van der Waals surface area contributed by atoms with E-state index in [4.69, 9.17) is 8.83 Å². The molecule has 1 aromatic carbocycles. The molecule has 0 bridgehead atoms. The van der Waals surface area contributed by atoms with Gasteiger partial charge in [-0.3, -0.25) is 9.36 Å². The number of rotatable bonds is 9. The zero-order chi connectivity index (χ0) is 20.8. The Balaban J connectivity index is 1.41. The molecular formula is C22H22N4O3S. The highest BCUT2D eigenvalue weighted by Gasteiger charge is 2.19. The summed E-state index contributed by atoms with van der Waals surface area (Å²) in [5.74, 6) is 2.45. The molecule has 0 saturated carbocycles. The van der Waals surface area contributed by atoms with E-state index in [0.29, 0.717) is 24.1 Å². The molecule has 7 nitrogen and oxygen atoms in total. The Morgan fingerprint density at radius 2 is 1.93 bits per heavy atom. The zero-order valence-electron chi connectivity index (χ0n) is 16.6. The van der Waals surface area contributed by atoms with Crippen LogP contribution in [0.1, 0.15) is 17.1 Å². The number of benzene rings is 1. The Morgan fingerprint density at radius 1 is 1.07 bits per heavy atom. The summed E-state index contributed by atoms with van der Waals surface area (Å²) in [4.78, 5) is 12.3. The quantitative estimate of drug-likeness (QED) is 0.411. The standard InChI is InChI=1S/C22H22N4O3S/c1-16-19(10-13-28-16)21-24-25-22(26(21)14-18-8-5-12-29-18)30-15-20(27)23-11-9-17-6-3-2-4-7-17/h2-8,10,12-13H,9,11,14-15H2,1H3,(H,23,27). The first-order valence-electron chi connectivity index (χ1n) is 9.64. The third kappa shape index (κ3) is 4.83. The van der Waals surface area contributed by atoms with Crippen molar-refractivity contribution in [1.82, 2.24) is 20.1 Å². The summed E-state index contributed by atoms with van der Waals surface area (Å²) in [6.45, 7) is 2.95. The fourth-order valence-corrected chi connectivity index (χ4v) is 3.85. The number of aryl methyl sites for hydroxylation is 1. The van der Waals surface area contributed by atoms with Crippen molar-refractivity contribution in [2.45, 2.75) is 25.0 Å². The number of furan rings is 2. The predicted molar refractivity (Wildman–Crippen MR) is 114 cm³/mol. The number of hydrogen-bond donors (Lipinski definition) is 1. The second-order valence-corrected chi connectivity index (χ2v) is 7.68. The molecule has 30 heavy (non-hydrogen) atoms. The molecule has 0 fully saturated rings.